The standard InChI is InChI=1S/C12H19ClN2O/c1-2-8-16-9-7-12(15-14)10-3-5-11(13)6-4-10/h3-6,12,15H,2,7-9,14H2,1H3. The van der Waals surface area contributed by atoms with Gasteiger partial charge in [0.05, 0.1) is 0 Å². The zero-order valence-electron chi connectivity index (χ0n) is 9.58. The minimum atomic E-state index is 0.120. The van der Waals surface area contributed by atoms with Gasteiger partial charge < -0.3 is 4.74 Å². The van der Waals surface area contributed by atoms with Gasteiger partial charge in [0, 0.05) is 24.3 Å². The van der Waals surface area contributed by atoms with Crippen LogP contribution in [0.15, 0.2) is 24.3 Å². The Morgan fingerprint density at radius 2 is 2.00 bits per heavy atom. The van der Waals surface area contributed by atoms with Crippen LogP contribution in [-0.4, -0.2) is 13.2 Å². The predicted octanol–water partition coefficient (Wildman–Crippen LogP) is 2.66. The van der Waals surface area contributed by atoms with E-state index in [0.29, 0.717) is 6.61 Å². The molecule has 3 nitrogen and oxygen atoms in total. The lowest BCUT2D eigenvalue weighted by Gasteiger charge is -2.16. The molecule has 1 rings (SSSR count). The monoisotopic (exact) mass is 242 g/mol. The fourth-order valence-electron chi connectivity index (χ4n) is 1.49. The van der Waals surface area contributed by atoms with Gasteiger partial charge in [-0.2, -0.15) is 0 Å². The molecule has 0 aliphatic heterocycles. The van der Waals surface area contributed by atoms with Gasteiger partial charge in [-0.1, -0.05) is 30.7 Å². The number of nitrogens with two attached hydrogens (primary N) is 1. The molecule has 0 heterocycles. The van der Waals surface area contributed by atoms with Crippen LogP contribution in [0.1, 0.15) is 31.4 Å². The van der Waals surface area contributed by atoms with Crippen molar-refractivity contribution >= 4 is 11.6 Å². The number of benzene rings is 1. The molecule has 0 saturated carbocycles. The van der Waals surface area contributed by atoms with Crippen molar-refractivity contribution in [2.24, 2.45) is 5.84 Å². The molecular weight excluding hydrogens is 224 g/mol. The van der Waals surface area contributed by atoms with Crippen molar-refractivity contribution < 1.29 is 4.74 Å². The van der Waals surface area contributed by atoms with Gasteiger partial charge >= 0.3 is 0 Å². The van der Waals surface area contributed by atoms with Crippen LogP contribution in [0.2, 0.25) is 5.02 Å². The second-order valence-electron chi connectivity index (χ2n) is 3.67. The highest BCUT2D eigenvalue weighted by Crippen LogP contribution is 2.18. The number of hydrogen-bond acceptors (Lipinski definition) is 3. The first kappa shape index (κ1) is 13.5. The normalized spacial score (nSPS) is 12.7. The van der Waals surface area contributed by atoms with E-state index in [0.717, 1.165) is 30.0 Å². The second kappa shape index (κ2) is 7.63. The minimum absolute atomic E-state index is 0.120. The number of nitrogens with one attached hydrogen (secondary N) is 1. The van der Waals surface area contributed by atoms with E-state index in [-0.39, 0.29) is 6.04 Å². The summed E-state index contributed by atoms with van der Waals surface area (Å²) in [6.07, 6.45) is 1.90. The van der Waals surface area contributed by atoms with Crippen LogP contribution in [0.3, 0.4) is 0 Å². The summed E-state index contributed by atoms with van der Waals surface area (Å²) >= 11 is 5.83. The van der Waals surface area contributed by atoms with E-state index in [9.17, 15) is 0 Å². The molecule has 0 aliphatic carbocycles. The minimum Gasteiger partial charge on any atom is -0.381 e. The van der Waals surface area contributed by atoms with Crippen LogP contribution in [0.5, 0.6) is 0 Å². The highest BCUT2D eigenvalue weighted by molar-refractivity contribution is 6.30. The Balaban J connectivity index is 2.44. The van der Waals surface area contributed by atoms with Crippen molar-refractivity contribution in [1.82, 2.24) is 5.43 Å². The lowest BCUT2D eigenvalue weighted by Crippen LogP contribution is -2.29. The molecular formula is C12H19ClN2O. The molecule has 0 radical (unpaired) electrons. The molecule has 0 aromatic heterocycles. The molecule has 1 aromatic carbocycles. The number of ether oxygens (including phenoxy) is 1. The smallest absolute Gasteiger partial charge is 0.0484 e. The lowest BCUT2D eigenvalue weighted by atomic mass is 10.1. The van der Waals surface area contributed by atoms with Crippen LogP contribution in [0.4, 0.5) is 0 Å². The Labute approximate surface area is 102 Å². The van der Waals surface area contributed by atoms with E-state index in [2.05, 4.69) is 12.3 Å². The van der Waals surface area contributed by atoms with E-state index in [4.69, 9.17) is 22.2 Å². The summed E-state index contributed by atoms with van der Waals surface area (Å²) < 4.78 is 5.44. The van der Waals surface area contributed by atoms with Gasteiger partial charge in [-0.25, -0.2) is 0 Å². The largest absolute Gasteiger partial charge is 0.381 e. The van der Waals surface area contributed by atoms with Gasteiger partial charge in [0.2, 0.25) is 0 Å². The molecule has 90 valence electrons. The molecule has 1 aromatic rings. The molecule has 0 bridgehead atoms. The maximum atomic E-state index is 5.83. The van der Waals surface area contributed by atoms with Gasteiger partial charge in [-0.05, 0) is 30.5 Å². The van der Waals surface area contributed by atoms with Crippen LogP contribution in [0.25, 0.3) is 0 Å². The molecule has 3 N–H and O–H groups in total. The van der Waals surface area contributed by atoms with Gasteiger partial charge in [-0.3, -0.25) is 11.3 Å². The molecule has 0 aliphatic rings. The fraction of sp³-hybridized carbons (Fsp3) is 0.500. The summed E-state index contributed by atoms with van der Waals surface area (Å²) in [7, 11) is 0. The van der Waals surface area contributed by atoms with E-state index in [1.807, 2.05) is 24.3 Å². The third-order valence-corrected chi connectivity index (χ3v) is 2.62. The SMILES string of the molecule is CCCOCCC(NN)c1ccc(Cl)cc1. The van der Waals surface area contributed by atoms with Crippen LogP contribution < -0.4 is 11.3 Å². The van der Waals surface area contributed by atoms with Crippen molar-refractivity contribution in [3.63, 3.8) is 0 Å². The first-order valence-corrected chi connectivity index (χ1v) is 5.95. The third-order valence-electron chi connectivity index (χ3n) is 2.37. The zero-order valence-corrected chi connectivity index (χ0v) is 10.3. The maximum absolute atomic E-state index is 5.83. The maximum Gasteiger partial charge on any atom is 0.0484 e. The second-order valence-corrected chi connectivity index (χ2v) is 4.11. The summed E-state index contributed by atoms with van der Waals surface area (Å²) in [6, 6.07) is 7.82. The molecule has 4 heteroatoms. The van der Waals surface area contributed by atoms with E-state index >= 15 is 0 Å². The Kier molecular flexibility index (Phi) is 6.42. The molecule has 0 spiro atoms. The molecule has 0 amide bonds. The third kappa shape index (κ3) is 4.49. The Morgan fingerprint density at radius 3 is 2.56 bits per heavy atom. The molecule has 1 atom stereocenters. The van der Waals surface area contributed by atoms with Gasteiger partial charge in [0.1, 0.15) is 0 Å². The summed E-state index contributed by atoms with van der Waals surface area (Å²) in [4.78, 5) is 0. The quantitative estimate of drug-likeness (QED) is 0.439. The van der Waals surface area contributed by atoms with Crippen LogP contribution in [-0.2, 0) is 4.74 Å². The fourth-order valence-corrected chi connectivity index (χ4v) is 1.61. The molecule has 1 unspecified atom stereocenters. The number of hydrogen-bond donors (Lipinski definition) is 2. The van der Waals surface area contributed by atoms with Gasteiger partial charge in [0.25, 0.3) is 0 Å². The van der Waals surface area contributed by atoms with E-state index < -0.39 is 0 Å². The number of rotatable bonds is 7. The summed E-state index contributed by atoms with van der Waals surface area (Å²) in [6.45, 7) is 3.61. The van der Waals surface area contributed by atoms with Gasteiger partial charge in [0.15, 0.2) is 0 Å². The average molecular weight is 243 g/mol. The van der Waals surface area contributed by atoms with Crippen LogP contribution in [0, 0.1) is 0 Å². The van der Waals surface area contributed by atoms with E-state index in [1.54, 1.807) is 0 Å². The Bertz CT molecular complexity index is 290. The molecule has 0 fully saturated rings. The average Bonchev–Trinajstić information content (AvgIpc) is 2.31. The predicted molar refractivity (Wildman–Crippen MR) is 67.2 cm³/mol. The molecule has 16 heavy (non-hydrogen) atoms. The zero-order chi connectivity index (χ0) is 11.8. The summed E-state index contributed by atoms with van der Waals surface area (Å²) in [5.41, 5.74) is 3.92. The Hall–Kier alpha value is -0.610. The number of hydrazine groups is 1. The topological polar surface area (TPSA) is 47.3 Å². The van der Waals surface area contributed by atoms with Crippen molar-refractivity contribution in [3.8, 4) is 0 Å². The van der Waals surface area contributed by atoms with Crippen LogP contribution >= 0.6 is 11.6 Å². The van der Waals surface area contributed by atoms with Gasteiger partial charge in [-0.15, -0.1) is 0 Å². The van der Waals surface area contributed by atoms with Crippen molar-refractivity contribution in [1.29, 1.82) is 0 Å². The highest BCUT2D eigenvalue weighted by Gasteiger charge is 2.08. The summed E-state index contributed by atoms with van der Waals surface area (Å²) in [5.74, 6) is 5.52. The Morgan fingerprint density at radius 1 is 1.31 bits per heavy atom. The van der Waals surface area contributed by atoms with Crippen molar-refractivity contribution in [3.05, 3.63) is 34.9 Å². The first-order chi connectivity index (χ1) is 7.77. The number of halogens is 1. The highest BCUT2D eigenvalue weighted by atomic mass is 35.5. The van der Waals surface area contributed by atoms with Crippen molar-refractivity contribution in [2.45, 2.75) is 25.8 Å². The molecule has 0 saturated heterocycles. The van der Waals surface area contributed by atoms with Crippen molar-refractivity contribution in [2.75, 3.05) is 13.2 Å². The lowest BCUT2D eigenvalue weighted by molar-refractivity contribution is 0.124. The summed E-state index contributed by atoms with van der Waals surface area (Å²) in [5, 5.41) is 0.738. The first-order valence-electron chi connectivity index (χ1n) is 5.57. The van der Waals surface area contributed by atoms with E-state index in [1.165, 1.54) is 0 Å².